The molecule has 2 aliphatic rings. The predicted molar refractivity (Wildman–Crippen MR) is 61.5 cm³/mol. The van der Waals surface area contributed by atoms with Crippen LogP contribution in [0.1, 0.15) is 12.8 Å². The van der Waals surface area contributed by atoms with Crippen molar-refractivity contribution >= 4 is 11.4 Å². The monoisotopic (exact) mass is 204 g/mol. The number of hydrogen-bond donors (Lipinski definition) is 2. The summed E-state index contributed by atoms with van der Waals surface area (Å²) in [5.41, 5.74) is 2.74. The average molecular weight is 204 g/mol. The Balaban J connectivity index is 1.99. The number of aromatic hydroxyl groups is 1. The zero-order valence-corrected chi connectivity index (χ0v) is 8.95. The van der Waals surface area contributed by atoms with Crippen molar-refractivity contribution in [3.8, 4) is 5.75 Å². The highest BCUT2D eigenvalue weighted by Crippen LogP contribution is 2.49. The molecule has 1 spiro atoms. The Hall–Kier alpha value is -1.38. The molecule has 0 aromatic heterocycles. The molecule has 1 aliphatic carbocycles. The third-order valence-corrected chi connectivity index (χ3v) is 3.57. The highest BCUT2D eigenvalue weighted by atomic mass is 16.3. The molecule has 1 heterocycles. The summed E-state index contributed by atoms with van der Waals surface area (Å²) in [5.74, 6) is 0.335. The first-order valence-corrected chi connectivity index (χ1v) is 5.47. The van der Waals surface area contributed by atoms with Crippen molar-refractivity contribution < 1.29 is 5.11 Å². The quantitative estimate of drug-likeness (QED) is 0.678. The lowest BCUT2D eigenvalue weighted by Gasteiger charge is -2.21. The van der Waals surface area contributed by atoms with Gasteiger partial charge in [-0.15, -0.1) is 0 Å². The molecule has 15 heavy (non-hydrogen) atoms. The van der Waals surface area contributed by atoms with Gasteiger partial charge in [-0.05, 0) is 25.0 Å². The standard InChI is InChI=1S/C12H16N2O/c1-14-8-12(4-5-12)7-13-10-6-9(15)2-3-11(10)14/h2-3,6,13,15H,4-5,7-8H2,1H3. The van der Waals surface area contributed by atoms with Gasteiger partial charge in [0.2, 0.25) is 0 Å². The minimum atomic E-state index is 0.335. The Kier molecular flexibility index (Phi) is 1.67. The summed E-state index contributed by atoms with van der Waals surface area (Å²) in [6.45, 7) is 2.16. The van der Waals surface area contributed by atoms with Crippen LogP contribution >= 0.6 is 0 Å². The van der Waals surface area contributed by atoms with Crippen LogP contribution in [-0.4, -0.2) is 25.2 Å². The van der Waals surface area contributed by atoms with E-state index in [-0.39, 0.29) is 0 Å². The van der Waals surface area contributed by atoms with Crippen LogP contribution in [0.5, 0.6) is 5.75 Å². The SMILES string of the molecule is CN1CC2(CC2)CNc2cc(O)ccc21. The summed E-state index contributed by atoms with van der Waals surface area (Å²) in [6, 6.07) is 5.55. The number of nitrogens with one attached hydrogen (secondary N) is 1. The molecule has 1 aliphatic heterocycles. The van der Waals surface area contributed by atoms with Gasteiger partial charge in [-0.3, -0.25) is 0 Å². The van der Waals surface area contributed by atoms with Crippen molar-refractivity contribution in [3.05, 3.63) is 18.2 Å². The van der Waals surface area contributed by atoms with Crippen LogP contribution in [0.4, 0.5) is 11.4 Å². The van der Waals surface area contributed by atoms with Crippen molar-refractivity contribution in [2.75, 3.05) is 30.4 Å². The lowest BCUT2D eigenvalue weighted by atomic mass is 10.1. The van der Waals surface area contributed by atoms with Gasteiger partial charge in [0.15, 0.2) is 0 Å². The molecule has 1 fully saturated rings. The van der Waals surface area contributed by atoms with Crippen LogP contribution in [0.25, 0.3) is 0 Å². The minimum absolute atomic E-state index is 0.335. The number of hydrogen-bond acceptors (Lipinski definition) is 3. The molecule has 0 amide bonds. The summed E-state index contributed by atoms with van der Waals surface area (Å²) < 4.78 is 0. The molecule has 3 heteroatoms. The van der Waals surface area contributed by atoms with E-state index in [1.807, 2.05) is 12.1 Å². The largest absolute Gasteiger partial charge is 0.508 e. The summed E-state index contributed by atoms with van der Waals surface area (Å²) in [4.78, 5) is 2.29. The van der Waals surface area contributed by atoms with Gasteiger partial charge in [-0.2, -0.15) is 0 Å². The fourth-order valence-electron chi connectivity index (χ4n) is 2.44. The fourth-order valence-corrected chi connectivity index (χ4v) is 2.44. The summed E-state index contributed by atoms with van der Waals surface area (Å²) in [7, 11) is 2.13. The first kappa shape index (κ1) is 8.89. The Morgan fingerprint density at radius 1 is 1.40 bits per heavy atom. The third kappa shape index (κ3) is 1.42. The maximum atomic E-state index is 9.45. The third-order valence-electron chi connectivity index (χ3n) is 3.57. The number of benzene rings is 1. The second-order valence-electron chi connectivity index (χ2n) is 4.91. The molecule has 0 radical (unpaired) electrons. The number of phenols is 1. The van der Waals surface area contributed by atoms with Crippen molar-refractivity contribution in [3.63, 3.8) is 0 Å². The molecule has 1 aromatic rings. The molecule has 3 rings (SSSR count). The van der Waals surface area contributed by atoms with Gasteiger partial charge >= 0.3 is 0 Å². The van der Waals surface area contributed by atoms with E-state index in [2.05, 4.69) is 17.3 Å². The molecule has 2 N–H and O–H groups in total. The smallest absolute Gasteiger partial charge is 0.117 e. The molecule has 1 aromatic carbocycles. The number of anilines is 2. The van der Waals surface area contributed by atoms with Crippen LogP contribution in [-0.2, 0) is 0 Å². The van der Waals surface area contributed by atoms with Gasteiger partial charge in [0.1, 0.15) is 5.75 Å². The maximum Gasteiger partial charge on any atom is 0.117 e. The Labute approximate surface area is 89.7 Å². The zero-order chi connectivity index (χ0) is 10.5. The lowest BCUT2D eigenvalue weighted by molar-refractivity contribution is 0.475. The van der Waals surface area contributed by atoms with Gasteiger partial charge in [-0.25, -0.2) is 0 Å². The maximum absolute atomic E-state index is 9.45. The van der Waals surface area contributed by atoms with E-state index in [1.165, 1.54) is 18.5 Å². The summed E-state index contributed by atoms with van der Waals surface area (Å²) in [6.07, 6.45) is 2.65. The van der Waals surface area contributed by atoms with Crippen molar-refractivity contribution in [2.45, 2.75) is 12.8 Å². The van der Waals surface area contributed by atoms with E-state index in [1.54, 1.807) is 6.07 Å². The number of rotatable bonds is 0. The van der Waals surface area contributed by atoms with E-state index >= 15 is 0 Å². The van der Waals surface area contributed by atoms with E-state index < -0.39 is 0 Å². The van der Waals surface area contributed by atoms with Crippen LogP contribution < -0.4 is 10.2 Å². The van der Waals surface area contributed by atoms with Gasteiger partial charge in [0.05, 0.1) is 11.4 Å². The van der Waals surface area contributed by atoms with E-state index in [0.717, 1.165) is 18.8 Å². The molecule has 0 atom stereocenters. The molecule has 1 saturated carbocycles. The molecular weight excluding hydrogens is 188 g/mol. The van der Waals surface area contributed by atoms with Crippen LogP contribution in [0.3, 0.4) is 0 Å². The second-order valence-corrected chi connectivity index (χ2v) is 4.91. The van der Waals surface area contributed by atoms with Crippen molar-refractivity contribution in [1.29, 1.82) is 0 Å². The van der Waals surface area contributed by atoms with Crippen LogP contribution in [0.15, 0.2) is 18.2 Å². The molecule has 0 unspecified atom stereocenters. The van der Waals surface area contributed by atoms with Gasteiger partial charge < -0.3 is 15.3 Å². The first-order valence-electron chi connectivity index (χ1n) is 5.47. The average Bonchev–Trinajstić information content (AvgIpc) is 2.96. The van der Waals surface area contributed by atoms with Crippen molar-refractivity contribution in [1.82, 2.24) is 0 Å². The zero-order valence-electron chi connectivity index (χ0n) is 8.95. The summed E-state index contributed by atoms with van der Waals surface area (Å²) in [5, 5.41) is 12.9. The molecule has 80 valence electrons. The Bertz CT molecular complexity index is 399. The molecule has 0 saturated heterocycles. The first-order chi connectivity index (χ1) is 7.19. The fraction of sp³-hybridized carbons (Fsp3) is 0.500. The lowest BCUT2D eigenvalue weighted by Crippen LogP contribution is -2.27. The van der Waals surface area contributed by atoms with E-state index in [9.17, 15) is 5.11 Å². The highest BCUT2D eigenvalue weighted by Gasteiger charge is 2.44. The van der Waals surface area contributed by atoms with Crippen LogP contribution in [0.2, 0.25) is 0 Å². The Morgan fingerprint density at radius 3 is 2.93 bits per heavy atom. The number of phenolic OH excluding ortho intramolecular Hbond substituents is 1. The highest BCUT2D eigenvalue weighted by molar-refractivity contribution is 5.72. The van der Waals surface area contributed by atoms with E-state index in [0.29, 0.717) is 11.2 Å². The van der Waals surface area contributed by atoms with Crippen LogP contribution in [0, 0.1) is 5.41 Å². The van der Waals surface area contributed by atoms with Gasteiger partial charge in [0, 0.05) is 31.6 Å². The van der Waals surface area contributed by atoms with E-state index in [4.69, 9.17) is 0 Å². The molecular formula is C12H16N2O. The summed E-state index contributed by atoms with van der Waals surface area (Å²) >= 11 is 0. The van der Waals surface area contributed by atoms with Gasteiger partial charge in [-0.1, -0.05) is 0 Å². The predicted octanol–water partition coefficient (Wildman–Crippen LogP) is 2.03. The van der Waals surface area contributed by atoms with Crippen molar-refractivity contribution in [2.24, 2.45) is 5.41 Å². The number of nitrogens with zero attached hydrogens (tertiary/aromatic N) is 1. The minimum Gasteiger partial charge on any atom is -0.508 e. The molecule has 3 nitrogen and oxygen atoms in total. The Morgan fingerprint density at radius 2 is 2.20 bits per heavy atom. The molecule has 0 bridgehead atoms. The van der Waals surface area contributed by atoms with Gasteiger partial charge in [0.25, 0.3) is 0 Å². The topological polar surface area (TPSA) is 35.5 Å². The number of fused-ring (bicyclic) bond motifs is 1. The second kappa shape index (κ2) is 2.81. The normalized spacial score (nSPS) is 21.8.